The number of hydrogen-bond donors (Lipinski definition) is 3. The molecule has 3 heterocycles. The number of aliphatic hydroxyl groups is 1. The molecule has 0 spiro atoms. The fourth-order valence-electron chi connectivity index (χ4n) is 6.27. The number of halogens is 3. The maximum Gasteiger partial charge on any atom is 0.404 e. The molecule has 1 aliphatic carbocycles. The third-order valence-electron chi connectivity index (χ3n) is 8.15. The molecule has 1 saturated heterocycles. The maximum atomic E-state index is 12.9. The average Bonchev–Trinajstić information content (AvgIpc) is 3.37. The lowest BCUT2D eigenvalue weighted by Gasteiger charge is -2.55. The van der Waals surface area contributed by atoms with Crippen molar-refractivity contribution >= 4 is 6.09 Å². The van der Waals surface area contributed by atoms with E-state index < -0.39 is 29.7 Å². The van der Waals surface area contributed by atoms with Crippen LogP contribution in [0.4, 0.5) is 18.0 Å². The molecule has 0 unspecified atom stereocenters. The lowest BCUT2D eigenvalue weighted by atomic mass is 9.62. The Hall–Kier alpha value is -3.51. The molecule has 3 N–H and O–H groups in total. The largest absolute Gasteiger partial charge is 0.465 e. The van der Waals surface area contributed by atoms with Crippen LogP contribution in [0.5, 0.6) is 0 Å². The van der Waals surface area contributed by atoms with Crippen LogP contribution in [0.3, 0.4) is 0 Å². The highest BCUT2D eigenvalue weighted by Gasteiger charge is 2.55. The lowest BCUT2D eigenvalue weighted by molar-refractivity contribution is -0.128. The molecule has 9 nitrogen and oxygen atoms in total. The molecule has 1 atom stereocenters. The summed E-state index contributed by atoms with van der Waals surface area (Å²) in [6, 6.07) is 7.58. The van der Waals surface area contributed by atoms with E-state index in [9.17, 15) is 23.1 Å². The predicted octanol–water partition coefficient (Wildman–Crippen LogP) is 4.72. The summed E-state index contributed by atoms with van der Waals surface area (Å²) in [6.45, 7) is 3.10. The Morgan fingerprint density at radius 1 is 1.12 bits per heavy atom. The molecule has 3 aromatic rings. The van der Waals surface area contributed by atoms with Crippen LogP contribution in [-0.2, 0) is 12.0 Å². The molecule has 1 amide bonds. The number of hydrogen-bond acceptors (Lipinski definition) is 7. The quantitative estimate of drug-likeness (QED) is 0.380. The molecule has 40 heavy (non-hydrogen) atoms. The van der Waals surface area contributed by atoms with Crippen molar-refractivity contribution in [2.45, 2.75) is 62.8 Å². The Balaban J connectivity index is 1.42. The van der Waals surface area contributed by atoms with E-state index in [1.165, 1.54) is 12.1 Å². The number of likely N-dealkylation sites (tertiary alicyclic amines) is 1. The molecule has 2 aromatic heterocycles. The van der Waals surface area contributed by atoms with Crippen molar-refractivity contribution < 1.29 is 32.7 Å². The monoisotopic (exact) mass is 559 g/mol. The zero-order valence-electron chi connectivity index (χ0n) is 22.3. The molecule has 1 saturated carbocycles. The predicted molar refractivity (Wildman–Crippen MR) is 138 cm³/mol. The van der Waals surface area contributed by atoms with E-state index in [-0.39, 0.29) is 17.5 Å². The first-order valence-electron chi connectivity index (χ1n) is 13.2. The molecule has 0 radical (unpaired) electrons. The van der Waals surface area contributed by atoms with Crippen molar-refractivity contribution in [1.82, 2.24) is 25.3 Å². The average molecular weight is 560 g/mol. The summed E-state index contributed by atoms with van der Waals surface area (Å²) in [5.41, 5.74) is -0.546. The number of nitrogens with one attached hydrogen (secondary N) is 1. The van der Waals surface area contributed by atoms with E-state index in [0.717, 1.165) is 0 Å². The zero-order chi connectivity index (χ0) is 28.7. The number of nitrogens with zero attached hydrogens (tertiary/aromatic N) is 4. The summed E-state index contributed by atoms with van der Waals surface area (Å²) >= 11 is 0. The Kier molecular flexibility index (Phi) is 7.34. The molecule has 5 rings (SSSR count). The molecule has 2 fully saturated rings. The maximum absolute atomic E-state index is 12.9. The van der Waals surface area contributed by atoms with Gasteiger partial charge in [-0.3, -0.25) is 4.98 Å². The highest BCUT2D eigenvalue weighted by molar-refractivity contribution is 5.64. The van der Waals surface area contributed by atoms with Crippen LogP contribution in [-0.4, -0.2) is 68.7 Å². The van der Waals surface area contributed by atoms with Crippen LogP contribution < -0.4 is 5.32 Å². The first kappa shape index (κ1) is 28.0. The van der Waals surface area contributed by atoms with Gasteiger partial charge >= 0.3 is 12.3 Å². The molecular formula is C28H32F3N5O4. The van der Waals surface area contributed by atoms with Gasteiger partial charge in [-0.25, -0.2) is 4.79 Å². The van der Waals surface area contributed by atoms with Crippen LogP contribution in [0.1, 0.15) is 61.1 Å². The molecule has 12 heteroatoms. The summed E-state index contributed by atoms with van der Waals surface area (Å²) in [5.74, 6) is 0.798. The summed E-state index contributed by atoms with van der Waals surface area (Å²) in [6.07, 6.45) is -0.488. The minimum atomic E-state index is -4.32. The fourth-order valence-corrected chi connectivity index (χ4v) is 6.27. The van der Waals surface area contributed by atoms with Crippen LogP contribution in [0.15, 0.2) is 47.2 Å². The molecule has 1 aromatic carbocycles. The minimum absolute atomic E-state index is 0.0146. The van der Waals surface area contributed by atoms with Crippen LogP contribution in [0, 0.1) is 5.41 Å². The standard InChI is InChI=1S/C28H32F3N5O4/c1-26(15-36(2)16-26)28(39,20-7-3-17(4-8-20)12-27(29,30)31)21-11-19(13-32-14-21)23-34-24(40-35-23)18-5-9-22(10-6-18)33-25(37)38/h3-4,7-8,11,13-14,18,22,33,39H,5-6,9-10,12,15-16H2,1-2H3,(H,37,38)/t18?,22?,28-/m0/s1. The smallest absolute Gasteiger partial charge is 0.404 e. The Bertz CT molecular complexity index is 1350. The molecule has 214 valence electrons. The van der Waals surface area contributed by atoms with Gasteiger partial charge in [-0.1, -0.05) is 36.3 Å². The minimum Gasteiger partial charge on any atom is -0.465 e. The first-order valence-corrected chi connectivity index (χ1v) is 13.2. The third kappa shape index (κ3) is 5.55. The zero-order valence-corrected chi connectivity index (χ0v) is 22.3. The summed E-state index contributed by atoms with van der Waals surface area (Å²) in [4.78, 5) is 21.9. The third-order valence-corrected chi connectivity index (χ3v) is 8.15. The molecule has 0 bridgehead atoms. The second kappa shape index (κ2) is 10.5. The second-order valence-electron chi connectivity index (χ2n) is 11.3. The first-order chi connectivity index (χ1) is 18.9. The van der Waals surface area contributed by atoms with Gasteiger partial charge in [0, 0.05) is 54.0 Å². The van der Waals surface area contributed by atoms with E-state index in [0.29, 0.717) is 67.2 Å². The van der Waals surface area contributed by atoms with Crippen molar-refractivity contribution in [3.05, 3.63) is 65.3 Å². The number of carboxylic acid groups (broad SMARTS) is 1. The highest BCUT2D eigenvalue weighted by atomic mass is 19.4. The molecule has 1 aliphatic heterocycles. The Labute approximate surface area is 229 Å². The van der Waals surface area contributed by atoms with Gasteiger partial charge in [0.05, 0.1) is 6.42 Å². The summed E-state index contributed by atoms with van der Waals surface area (Å²) in [5, 5.41) is 28.0. The van der Waals surface area contributed by atoms with E-state index >= 15 is 0 Å². The highest BCUT2D eigenvalue weighted by Crippen LogP contribution is 2.50. The van der Waals surface area contributed by atoms with Gasteiger partial charge < -0.3 is 25.0 Å². The number of benzene rings is 1. The normalized spacial score (nSPS) is 22.8. The van der Waals surface area contributed by atoms with Gasteiger partial charge in [0.25, 0.3) is 0 Å². The number of alkyl halides is 3. The van der Waals surface area contributed by atoms with Crippen LogP contribution in [0.25, 0.3) is 11.4 Å². The van der Waals surface area contributed by atoms with E-state index in [1.807, 2.05) is 14.0 Å². The van der Waals surface area contributed by atoms with Crippen molar-refractivity contribution in [3.63, 3.8) is 0 Å². The Morgan fingerprint density at radius 3 is 2.40 bits per heavy atom. The van der Waals surface area contributed by atoms with Crippen molar-refractivity contribution in [1.29, 1.82) is 0 Å². The second-order valence-corrected chi connectivity index (χ2v) is 11.3. The van der Waals surface area contributed by atoms with E-state index in [2.05, 4.69) is 25.3 Å². The van der Waals surface area contributed by atoms with Gasteiger partial charge in [0.2, 0.25) is 11.7 Å². The van der Waals surface area contributed by atoms with Crippen molar-refractivity contribution in [2.24, 2.45) is 5.41 Å². The van der Waals surface area contributed by atoms with Gasteiger partial charge in [-0.2, -0.15) is 18.2 Å². The molecule has 2 aliphatic rings. The number of carbonyl (C=O) groups is 1. The Morgan fingerprint density at radius 2 is 1.80 bits per heavy atom. The lowest BCUT2D eigenvalue weighted by Crippen LogP contribution is -2.63. The van der Waals surface area contributed by atoms with Crippen molar-refractivity contribution in [2.75, 3.05) is 20.1 Å². The topological polar surface area (TPSA) is 125 Å². The SMILES string of the molecule is CN1CC(C)([C@](O)(c2ccc(CC(F)(F)F)cc2)c2cncc(-c3noc(C4CCC(NC(=O)O)CC4)n3)c2)C1. The van der Waals surface area contributed by atoms with Crippen molar-refractivity contribution in [3.8, 4) is 11.4 Å². The molecular weight excluding hydrogens is 527 g/mol. The van der Waals surface area contributed by atoms with Gasteiger partial charge in [0.15, 0.2) is 0 Å². The van der Waals surface area contributed by atoms with Gasteiger partial charge in [0.1, 0.15) is 5.60 Å². The number of rotatable bonds is 7. The van der Waals surface area contributed by atoms with Gasteiger partial charge in [-0.15, -0.1) is 0 Å². The summed E-state index contributed by atoms with van der Waals surface area (Å²) < 4.78 is 44.3. The summed E-state index contributed by atoms with van der Waals surface area (Å²) in [7, 11) is 1.94. The number of aromatic nitrogens is 3. The number of amides is 1. The van der Waals surface area contributed by atoms with Crippen LogP contribution >= 0.6 is 0 Å². The van der Waals surface area contributed by atoms with E-state index in [1.54, 1.807) is 30.6 Å². The fraction of sp³-hybridized carbons (Fsp3) is 0.500. The van der Waals surface area contributed by atoms with Crippen LogP contribution in [0.2, 0.25) is 0 Å². The van der Waals surface area contributed by atoms with Gasteiger partial charge in [-0.05, 0) is 49.9 Å². The van der Waals surface area contributed by atoms with E-state index in [4.69, 9.17) is 9.63 Å². The number of pyridine rings is 1.